The van der Waals surface area contributed by atoms with E-state index in [1.807, 2.05) is 6.92 Å². The molecular weight excluding hydrogens is 228 g/mol. The third-order valence-electron chi connectivity index (χ3n) is 2.10. The Morgan fingerprint density at radius 3 is 2.50 bits per heavy atom. The zero-order chi connectivity index (χ0) is 11.6. The largest absolute Gasteiger partial charge is 0.242 e. The highest BCUT2D eigenvalue weighted by molar-refractivity contribution is 7.90. The molecule has 0 aliphatic rings. The number of aryl methyl sites for hydroxylation is 1. The van der Waals surface area contributed by atoms with E-state index >= 15 is 0 Å². The van der Waals surface area contributed by atoms with Gasteiger partial charge in [0.2, 0.25) is 0 Å². The van der Waals surface area contributed by atoms with Crippen LogP contribution in [0.1, 0.15) is 11.4 Å². The van der Waals surface area contributed by atoms with E-state index in [1.165, 1.54) is 0 Å². The van der Waals surface area contributed by atoms with Gasteiger partial charge in [0.25, 0.3) is 0 Å². The Morgan fingerprint density at radius 1 is 1.25 bits per heavy atom. The molecule has 0 atom stereocenters. The van der Waals surface area contributed by atoms with Gasteiger partial charge in [0, 0.05) is 0 Å². The lowest BCUT2D eigenvalue weighted by atomic mass is 10.2. The van der Waals surface area contributed by atoms with Crippen LogP contribution in [0, 0.1) is 6.92 Å². The molecule has 0 saturated carbocycles. The van der Waals surface area contributed by atoms with Crippen LogP contribution in [-0.2, 0) is 15.6 Å². The number of hydrogen-bond acceptors (Lipinski definition) is 5. The minimum absolute atomic E-state index is 0.219. The van der Waals surface area contributed by atoms with E-state index in [0.717, 1.165) is 5.56 Å². The molecule has 1 aromatic carbocycles. The van der Waals surface area contributed by atoms with E-state index in [9.17, 15) is 8.42 Å². The molecule has 2 aromatic rings. The zero-order valence-corrected chi connectivity index (χ0v) is 9.40. The highest BCUT2D eigenvalue weighted by Crippen LogP contribution is 2.14. The molecule has 0 amide bonds. The summed E-state index contributed by atoms with van der Waals surface area (Å²) >= 11 is 0. The summed E-state index contributed by atoms with van der Waals surface area (Å²) in [6.07, 6.45) is 0. The Hall–Kier alpha value is -1.76. The molecule has 0 saturated heterocycles. The van der Waals surface area contributed by atoms with Crippen LogP contribution in [0.25, 0.3) is 0 Å². The van der Waals surface area contributed by atoms with Crippen molar-refractivity contribution in [2.75, 3.05) is 0 Å². The van der Waals surface area contributed by atoms with Gasteiger partial charge in [-0.15, -0.1) is 5.10 Å². The summed E-state index contributed by atoms with van der Waals surface area (Å²) in [6, 6.07) is 6.67. The predicted molar refractivity (Wildman–Crippen MR) is 56.2 cm³/mol. The number of aromatic amines is 1. The SMILES string of the molecule is Cc1ccc(S(=O)(=O)Cc2nnn[nH]2)cc1. The molecule has 0 aliphatic carbocycles. The number of sulfone groups is 1. The van der Waals surface area contributed by atoms with Gasteiger partial charge in [0.05, 0.1) is 4.90 Å². The van der Waals surface area contributed by atoms with Gasteiger partial charge in [-0.3, -0.25) is 0 Å². The van der Waals surface area contributed by atoms with Crippen LogP contribution in [0.4, 0.5) is 0 Å². The highest BCUT2D eigenvalue weighted by Gasteiger charge is 2.16. The number of tetrazole rings is 1. The van der Waals surface area contributed by atoms with Gasteiger partial charge in [-0.1, -0.05) is 17.7 Å². The summed E-state index contributed by atoms with van der Waals surface area (Å²) in [5.41, 5.74) is 1.01. The molecule has 0 bridgehead atoms. The topological polar surface area (TPSA) is 88.6 Å². The summed E-state index contributed by atoms with van der Waals surface area (Å²) in [6.45, 7) is 1.90. The van der Waals surface area contributed by atoms with Crippen molar-refractivity contribution in [2.45, 2.75) is 17.6 Å². The van der Waals surface area contributed by atoms with E-state index < -0.39 is 9.84 Å². The van der Waals surface area contributed by atoms with Crippen molar-refractivity contribution in [3.8, 4) is 0 Å². The van der Waals surface area contributed by atoms with Gasteiger partial charge < -0.3 is 0 Å². The molecule has 0 radical (unpaired) electrons. The third kappa shape index (κ3) is 2.25. The average Bonchev–Trinajstić information content (AvgIpc) is 2.70. The summed E-state index contributed by atoms with van der Waals surface area (Å²) in [5.74, 6) is 0.0175. The molecule has 1 aromatic heterocycles. The summed E-state index contributed by atoms with van der Waals surface area (Å²) in [7, 11) is -3.37. The van der Waals surface area contributed by atoms with E-state index in [1.54, 1.807) is 24.3 Å². The maximum Gasteiger partial charge on any atom is 0.185 e. The lowest BCUT2D eigenvalue weighted by Crippen LogP contribution is -2.06. The van der Waals surface area contributed by atoms with Crippen LogP contribution >= 0.6 is 0 Å². The lowest BCUT2D eigenvalue weighted by Gasteiger charge is -2.01. The predicted octanol–water partition coefficient (Wildman–Crippen LogP) is 0.482. The van der Waals surface area contributed by atoms with Gasteiger partial charge in [-0.2, -0.15) is 0 Å². The Balaban J connectivity index is 2.29. The number of aromatic nitrogens is 4. The molecule has 7 heteroatoms. The van der Waals surface area contributed by atoms with Crippen molar-refractivity contribution < 1.29 is 8.42 Å². The van der Waals surface area contributed by atoms with Gasteiger partial charge in [0.1, 0.15) is 5.75 Å². The second-order valence-corrected chi connectivity index (χ2v) is 5.41. The molecule has 84 valence electrons. The normalized spacial score (nSPS) is 11.6. The Bertz CT molecular complexity index is 560. The average molecular weight is 238 g/mol. The fourth-order valence-electron chi connectivity index (χ4n) is 1.25. The molecule has 6 nitrogen and oxygen atoms in total. The molecule has 2 rings (SSSR count). The first-order chi connectivity index (χ1) is 7.58. The molecule has 1 heterocycles. The minimum Gasteiger partial charge on any atom is -0.242 e. The fourth-order valence-corrected chi connectivity index (χ4v) is 2.45. The molecular formula is C9H10N4O2S. The quantitative estimate of drug-likeness (QED) is 0.840. The van der Waals surface area contributed by atoms with Crippen LogP contribution in [0.3, 0.4) is 0 Å². The van der Waals surface area contributed by atoms with Gasteiger partial charge in [-0.25, -0.2) is 13.5 Å². The van der Waals surface area contributed by atoms with E-state index in [-0.39, 0.29) is 16.5 Å². The second-order valence-electron chi connectivity index (χ2n) is 3.42. The number of H-pyrrole nitrogens is 1. The third-order valence-corrected chi connectivity index (χ3v) is 3.74. The van der Waals surface area contributed by atoms with Gasteiger partial charge in [0.15, 0.2) is 15.7 Å². The van der Waals surface area contributed by atoms with E-state index in [0.29, 0.717) is 0 Å². The maximum absolute atomic E-state index is 11.9. The van der Waals surface area contributed by atoms with Crippen molar-refractivity contribution in [1.82, 2.24) is 20.6 Å². The summed E-state index contributed by atoms with van der Waals surface area (Å²) < 4.78 is 23.8. The van der Waals surface area contributed by atoms with Crippen LogP contribution in [0.15, 0.2) is 29.2 Å². The Labute approximate surface area is 92.6 Å². The van der Waals surface area contributed by atoms with Crippen LogP contribution in [-0.4, -0.2) is 29.0 Å². The minimum atomic E-state index is -3.37. The number of benzene rings is 1. The molecule has 0 unspecified atom stereocenters. The van der Waals surface area contributed by atoms with Crippen molar-refractivity contribution in [3.63, 3.8) is 0 Å². The molecule has 1 N–H and O–H groups in total. The lowest BCUT2D eigenvalue weighted by molar-refractivity contribution is 0.594. The van der Waals surface area contributed by atoms with Crippen LogP contribution in [0.2, 0.25) is 0 Å². The van der Waals surface area contributed by atoms with Gasteiger partial charge in [-0.05, 0) is 29.5 Å². The first-order valence-electron chi connectivity index (χ1n) is 4.60. The van der Waals surface area contributed by atoms with Crippen molar-refractivity contribution in [3.05, 3.63) is 35.7 Å². The summed E-state index contributed by atoms with van der Waals surface area (Å²) in [5, 5.41) is 12.6. The zero-order valence-electron chi connectivity index (χ0n) is 8.58. The number of nitrogens with one attached hydrogen (secondary N) is 1. The molecule has 0 aliphatic heterocycles. The maximum atomic E-state index is 11.9. The number of nitrogens with zero attached hydrogens (tertiary/aromatic N) is 3. The monoisotopic (exact) mass is 238 g/mol. The standard InChI is InChI=1S/C9H10N4O2S/c1-7-2-4-8(5-3-7)16(14,15)6-9-10-12-13-11-9/h2-5H,6H2,1H3,(H,10,11,12,13). The molecule has 16 heavy (non-hydrogen) atoms. The Kier molecular flexibility index (Phi) is 2.69. The highest BCUT2D eigenvalue weighted by atomic mass is 32.2. The van der Waals surface area contributed by atoms with Crippen molar-refractivity contribution in [2.24, 2.45) is 0 Å². The van der Waals surface area contributed by atoms with E-state index in [2.05, 4.69) is 20.6 Å². The van der Waals surface area contributed by atoms with Crippen LogP contribution in [0.5, 0.6) is 0 Å². The summed E-state index contributed by atoms with van der Waals surface area (Å²) in [4.78, 5) is 0.273. The molecule has 0 spiro atoms. The van der Waals surface area contributed by atoms with Crippen molar-refractivity contribution in [1.29, 1.82) is 0 Å². The number of hydrogen-bond donors (Lipinski definition) is 1. The van der Waals surface area contributed by atoms with E-state index in [4.69, 9.17) is 0 Å². The molecule has 0 fully saturated rings. The van der Waals surface area contributed by atoms with Crippen LogP contribution < -0.4 is 0 Å². The van der Waals surface area contributed by atoms with Gasteiger partial charge >= 0.3 is 0 Å². The fraction of sp³-hybridized carbons (Fsp3) is 0.222. The first-order valence-corrected chi connectivity index (χ1v) is 6.25. The first kappa shape index (κ1) is 10.7. The smallest absolute Gasteiger partial charge is 0.185 e. The van der Waals surface area contributed by atoms with Crippen molar-refractivity contribution >= 4 is 9.84 Å². The second kappa shape index (κ2) is 4.01. The number of rotatable bonds is 3. The Morgan fingerprint density at radius 2 is 1.94 bits per heavy atom.